The summed E-state index contributed by atoms with van der Waals surface area (Å²) in [6.07, 6.45) is 3.35. The van der Waals surface area contributed by atoms with E-state index >= 15 is 0 Å². The van der Waals surface area contributed by atoms with E-state index in [4.69, 9.17) is 11.6 Å². The molecule has 0 spiro atoms. The average molecular weight is 270 g/mol. The molecule has 1 fully saturated rings. The fourth-order valence-corrected chi connectivity index (χ4v) is 2.47. The van der Waals surface area contributed by atoms with Gasteiger partial charge in [-0.25, -0.2) is 0 Å². The second-order valence-electron chi connectivity index (χ2n) is 4.40. The van der Waals surface area contributed by atoms with E-state index in [0.717, 1.165) is 13.0 Å². The topological polar surface area (TPSA) is 67.2 Å². The van der Waals surface area contributed by atoms with Crippen molar-refractivity contribution < 1.29 is 4.92 Å². The maximum atomic E-state index is 10.9. The Morgan fingerprint density at radius 2 is 2.39 bits per heavy atom. The summed E-state index contributed by atoms with van der Waals surface area (Å²) in [6, 6.07) is 5.46. The van der Waals surface area contributed by atoms with Crippen molar-refractivity contribution in [2.24, 2.45) is 0 Å². The Bertz CT molecular complexity index is 433. The molecule has 5 nitrogen and oxygen atoms in total. The molecule has 2 N–H and O–H groups in total. The smallest absolute Gasteiger partial charge is 0.310 e. The first-order valence-electron chi connectivity index (χ1n) is 6.08. The van der Waals surface area contributed by atoms with Crippen molar-refractivity contribution in [3.63, 3.8) is 0 Å². The average Bonchev–Trinajstić information content (AvgIpc) is 2.81. The predicted molar refractivity (Wildman–Crippen MR) is 72.2 cm³/mol. The summed E-state index contributed by atoms with van der Waals surface area (Å²) in [7, 11) is 0. The number of nitrogens with one attached hydrogen (secondary N) is 2. The van der Waals surface area contributed by atoms with E-state index in [9.17, 15) is 10.1 Å². The molecule has 98 valence electrons. The Kier molecular flexibility index (Phi) is 4.38. The Morgan fingerprint density at radius 1 is 1.56 bits per heavy atom. The van der Waals surface area contributed by atoms with Crippen molar-refractivity contribution in [3.8, 4) is 0 Å². The summed E-state index contributed by atoms with van der Waals surface area (Å²) in [5, 5.41) is 17.6. The number of benzene rings is 1. The summed E-state index contributed by atoms with van der Waals surface area (Å²) in [5.41, 5.74) is 0.448. The van der Waals surface area contributed by atoms with Crippen LogP contribution in [0.3, 0.4) is 0 Å². The van der Waals surface area contributed by atoms with E-state index in [1.165, 1.54) is 18.9 Å². The summed E-state index contributed by atoms with van der Waals surface area (Å²) in [4.78, 5) is 10.5. The van der Waals surface area contributed by atoms with Crippen LogP contribution in [0.2, 0.25) is 5.02 Å². The highest BCUT2D eigenvalue weighted by molar-refractivity contribution is 6.33. The van der Waals surface area contributed by atoms with Crippen molar-refractivity contribution >= 4 is 23.0 Å². The van der Waals surface area contributed by atoms with Crippen LogP contribution < -0.4 is 10.6 Å². The molecule has 6 heteroatoms. The van der Waals surface area contributed by atoms with Gasteiger partial charge in [-0.1, -0.05) is 17.7 Å². The van der Waals surface area contributed by atoms with Gasteiger partial charge in [0.2, 0.25) is 0 Å². The zero-order valence-electron chi connectivity index (χ0n) is 9.99. The van der Waals surface area contributed by atoms with E-state index in [-0.39, 0.29) is 10.7 Å². The molecular weight excluding hydrogens is 254 g/mol. The third kappa shape index (κ3) is 3.11. The second kappa shape index (κ2) is 6.02. The van der Waals surface area contributed by atoms with Crippen molar-refractivity contribution in [1.29, 1.82) is 0 Å². The Morgan fingerprint density at radius 3 is 3.06 bits per heavy atom. The van der Waals surface area contributed by atoms with Gasteiger partial charge >= 0.3 is 5.69 Å². The molecule has 0 aliphatic carbocycles. The van der Waals surface area contributed by atoms with E-state index in [1.807, 2.05) is 0 Å². The van der Waals surface area contributed by atoms with Gasteiger partial charge in [-0.2, -0.15) is 0 Å². The van der Waals surface area contributed by atoms with E-state index in [0.29, 0.717) is 18.3 Å². The first-order chi connectivity index (χ1) is 8.68. The SMILES string of the molecule is O=[N+]([O-])c1c(Cl)cccc1NCC[C@H]1CCCN1. The number of nitro groups is 1. The molecule has 0 unspecified atom stereocenters. The molecule has 1 aromatic rings. The molecule has 0 amide bonds. The molecule has 0 saturated carbocycles. The minimum atomic E-state index is -0.446. The number of nitro benzene ring substituents is 1. The maximum absolute atomic E-state index is 10.9. The monoisotopic (exact) mass is 269 g/mol. The molecule has 0 aromatic heterocycles. The lowest BCUT2D eigenvalue weighted by Crippen LogP contribution is -2.24. The Hall–Kier alpha value is -1.33. The lowest BCUT2D eigenvalue weighted by atomic mass is 10.1. The zero-order chi connectivity index (χ0) is 13.0. The third-order valence-electron chi connectivity index (χ3n) is 3.14. The largest absolute Gasteiger partial charge is 0.379 e. The number of halogens is 1. The maximum Gasteiger partial charge on any atom is 0.310 e. The van der Waals surface area contributed by atoms with Crippen LogP contribution in [0, 0.1) is 10.1 Å². The van der Waals surface area contributed by atoms with Gasteiger partial charge in [0.05, 0.1) is 4.92 Å². The summed E-state index contributed by atoms with van der Waals surface area (Å²) in [6.45, 7) is 1.78. The number of hydrogen-bond acceptors (Lipinski definition) is 4. The van der Waals surface area contributed by atoms with Crippen LogP contribution in [0.5, 0.6) is 0 Å². The highest BCUT2D eigenvalue weighted by Gasteiger charge is 2.18. The van der Waals surface area contributed by atoms with Crippen molar-refractivity contribution in [1.82, 2.24) is 5.32 Å². The van der Waals surface area contributed by atoms with Crippen LogP contribution in [0.15, 0.2) is 18.2 Å². The molecule has 1 heterocycles. The van der Waals surface area contributed by atoms with Crippen LogP contribution in [0.4, 0.5) is 11.4 Å². The van der Waals surface area contributed by atoms with E-state index < -0.39 is 4.92 Å². The van der Waals surface area contributed by atoms with Crippen LogP contribution >= 0.6 is 11.6 Å². The highest BCUT2D eigenvalue weighted by Crippen LogP contribution is 2.32. The van der Waals surface area contributed by atoms with Crippen molar-refractivity contribution in [2.45, 2.75) is 25.3 Å². The lowest BCUT2D eigenvalue weighted by Gasteiger charge is -2.12. The molecule has 1 aliphatic rings. The molecule has 2 rings (SSSR count). The van der Waals surface area contributed by atoms with Crippen LogP contribution in [-0.2, 0) is 0 Å². The fraction of sp³-hybridized carbons (Fsp3) is 0.500. The van der Waals surface area contributed by atoms with E-state index in [2.05, 4.69) is 10.6 Å². The molecule has 1 atom stereocenters. The lowest BCUT2D eigenvalue weighted by molar-refractivity contribution is -0.383. The molecular formula is C12H16ClN3O2. The summed E-state index contributed by atoms with van der Waals surface area (Å²) in [5.74, 6) is 0. The van der Waals surface area contributed by atoms with E-state index in [1.54, 1.807) is 12.1 Å². The van der Waals surface area contributed by atoms with Gasteiger partial charge in [-0.3, -0.25) is 10.1 Å². The molecule has 1 aliphatic heterocycles. The zero-order valence-corrected chi connectivity index (χ0v) is 10.7. The minimum absolute atomic E-state index is 0.0430. The molecule has 1 aromatic carbocycles. The molecule has 0 bridgehead atoms. The van der Waals surface area contributed by atoms with Crippen LogP contribution in [0.25, 0.3) is 0 Å². The number of para-hydroxylation sites is 1. The number of hydrogen-bond donors (Lipinski definition) is 2. The predicted octanol–water partition coefficient (Wildman–Crippen LogP) is 2.80. The van der Waals surface area contributed by atoms with Gasteiger partial charge in [0, 0.05) is 12.6 Å². The van der Waals surface area contributed by atoms with Gasteiger partial charge in [-0.05, 0) is 37.9 Å². The Labute approximate surface area is 111 Å². The number of rotatable bonds is 5. The fourth-order valence-electron chi connectivity index (χ4n) is 2.23. The minimum Gasteiger partial charge on any atom is -0.379 e. The van der Waals surface area contributed by atoms with Gasteiger partial charge in [0.15, 0.2) is 0 Å². The first-order valence-corrected chi connectivity index (χ1v) is 6.46. The van der Waals surface area contributed by atoms with Crippen molar-refractivity contribution in [2.75, 3.05) is 18.4 Å². The van der Waals surface area contributed by atoms with Crippen LogP contribution in [0.1, 0.15) is 19.3 Å². The summed E-state index contributed by atoms with van der Waals surface area (Å²) >= 11 is 5.84. The standard InChI is InChI=1S/C12H16ClN3O2/c13-10-4-1-5-11(12(10)16(17)18)15-8-6-9-3-2-7-14-9/h1,4-5,9,14-15H,2-3,6-8H2/t9-/m1/s1. The van der Waals surface area contributed by atoms with Gasteiger partial charge in [0.1, 0.15) is 10.7 Å². The highest BCUT2D eigenvalue weighted by atomic mass is 35.5. The second-order valence-corrected chi connectivity index (χ2v) is 4.81. The first kappa shape index (κ1) is 13.1. The number of anilines is 1. The molecule has 0 radical (unpaired) electrons. The van der Waals surface area contributed by atoms with Crippen LogP contribution in [-0.4, -0.2) is 24.1 Å². The van der Waals surface area contributed by atoms with Crippen molar-refractivity contribution in [3.05, 3.63) is 33.3 Å². The third-order valence-corrected chi connectivity index (χ3v) is 3.44. The summed E-state index contributed by atoms with van der Waals surface area (Å²) < 4.78 is 0. The Balaban J connectivity index is 1.96. The number of nitrogens with zero attached hydrogens (tertiary/aromatic N) is 1. The quantitative estimate of drug-likeness (QED) is 0.637. The molecule has 1 saturated heterocycles. The normalized spacial score (nSPS) is 18.8. The van der Waals surface area contributed by atoms with Gasteiger partial charge in [0.25, 0.3) is 0 Å². The molecule has 18 heavy (non-hydrogen) atoms. The van der Waals surface area contributed by atoms with Gasteiger partial charge in [-0.15, -0.1) is 0 Å². The van der Waals surface area contributed by atoms with Gasteiger partial charge < -0.3 is 10.6 Å².